The number of aryl methyl sites for hydroxylation is 1. The molecule has 2 aromatic carbocycles. The molecule has 0 atom stereocenters. The number of ether oxygens (including phenoxy) is 2. The van der Waals surface area contributed by atoms with Crippen LogP contribution in [0.4, 0.5) is 8.78 Å². The van der Waals surface area contributed by atoms with Crippen LogP contribution in [0, 0.1) is 0 Å². The van der Waals surface area contributed by atoms with Crippen molar-refractivity contribution in [2.45, 2.75) is 32.6 Å². The van der Waals surface area contributed by atoms with E-state index in [0.717, 1.165) is 16.7 Å². The number of benzene rings is 2. The van der Waals surface area contributed by atoms with Crippen LogP contribution in [-0.4, -0.2) is 22.1 Å². The molecule has 3 rings (SSSR count). The van der Waals surface area contributed by atoms with Crippen molar-refractivity contribution in [1.82, 2.24) is 4.72 Å². The van der Waals surface area contributed by atoms with Gasteiger partial charge in [-0.3, -0.25) is 0 Å². The van der Waals surface area contributed by atoms with Crippen LogP contribution in [0.5, 0.6) is 5.75 Å². The molecule has 0 radical (unpaired) electrons. The number of nitrogens with one attached hydrogen (secondary N) is 1. The second kappa shape index (κ2) is 8.81. The van der Waals surface area contributed by atoms with E-state index in [2.05, 4.69) is 9.46 Å². The first-order valence-electron chi connectivity index (χ1n) is 8.73. The third-order valence-corrected chi connectivity index (χ3v) is 6.05. The van der Waals surface area contributed by atoms with Crippen LogP contribution in [-0.2, 0) is 34.3 Å². The first kappa shape index (κ1) is 20.4. The van der Waals surface area contributed by atoms with Gasteiger partial charge < -0.3 is 9.47 Å². The molecule has 28 heavy (non-hydrogen) atoms. The van der Waals surface area contributed by atoms with E-state index in [0.29, 0.717) is 25.0 Å². The van der Waals surface area contributed by atoms with E-state index in [1.165, 1.54) is 12.1 Å². The van der Waals surface area contributed by atoms with Crippen LogP contribution < -0.4 is 9.46 Å². The molecule has 1 N–H and O–H groups in total. The maximum atomic E-state index is 12.7. The Morgan fingerprint density at radius 3 is 2.57 bits per heavy atom. The minimum atomic E-state index is -3.67. The van der Waals surface area contributed by atoms with E-state index in [-0.39, 0.29) is 17.2 Å². The van der Waals surface area contributed by atoms with Gasteiger partial charge in [-0.05, 0) is 53.3 Å². The van der Waals surface area contributed by atoms with E-state index in [4.69, 9.17) is 4.74 Å². The van der Waals surface area contributed by atoms with Crippen molar-refractivity contribution < 1.29 is 26.7 Å². The summed E-state index contributed by atoms with van der Waals surface area (Å²) in [6.07, 6.45) is 2.30. The van der Waals surface area contributed by atoms with E-state index < -0.39 is 16.6 Å². The number of rotatable bonds is 8. The third kappa shape index (κ3) is 4.95. The van der Waals surface area contributed by atoms with Gasteiger partial charge in [0.2, 0.25) is 10.0 Å². The topological polar surface area (TPSA) is 64.6 Å². The lowest BCUT2D eigenvalue weighted by molar-refractivity contribution is -0.0498. The van der Waals surface area contributed by atoms with Crippen LogP contribution in [0.1, 0.15) is 28.7 Å². The summed E-state index contributed by atoms with van der Waals surface area (Å²) < 4.78 is 62.3. The van der Waals surface area contributed by atoms with Gasteiger partial charge in [0.25, 0.3) is 0 Å². The van der Waals surface area contributed by atoms with E-state index in [1.807, 2.05) is 24.3 Å². The first-order chi connectivity index (χ1) is 13.4. The van der Waals surface area contributed by atoms with E-state index in [9.17, 15) is 17.2 Å². The lowest BCUT2D eigenvalue weighted by Gasteiger charge is -2.18. The standard InChI is InChI=1S/C20H21F2NO4S/c1-26-13-17-5-3-2-4-16(17)12-23-28(24,25)19-9-7-14-10-18(27-20(21)22)8-6-15(14)11-19/h2-6,8,10-11,20,23H,7,9,12-13H2,1H3. The van der Waals surface area contributed by atoms with E-state index >= 15 is 0 Å². The summed E-state index contributed by atoms with van der Waals surface area (Å²) in [6, 6.07) is 12.0. The molecule has 0 aromatic heterocycles. The number of fused-ring (bicyclic) bond motifs is 1. The molecule has 150 valence electrons. The molecular weight excluding hydrogens is 388 g/mol. The minimum absolute atomic E-state index is 0.0707. The predicted molar refractivity (Wildman–Crippen MR) is 102 cm³/mol. The Balaban J connectivity index is 1.75. The molecule has 0 heterocycles. The first-order valence-corrected chi connectivity index (χ1v) is 10.2. The van der Waals surface area contributed by atoms with Gasteiger partial charge >= 0.3 is 6.61 Å². The number of allylic oxidation sites excluding steroid dienone is 1. The Labute approximate surface area is 163 Å². The zero-order valence-electron chi connectivity index (χ0n) is 15.3. The molecule has 8 heteroatoms. The SMILES string of the molecule is COCc1ccccc1CNS(=O)(=O)C1=Cc2ccc(OC(F)F)cc2CC1. The Morgan fingerprint density at radius 1 is 1.11 bits per heavy atom. The number of methoxy groups -OCH3 is 1. The molecule has 0 saturated heterocycles. The van der Waals surface area contributed by atoms with Gasteiger partial charge in [0.05, 0.1) is 11.5 Å². The molecule has 0 fully saturated rings. The monoisotopic (exact) mass is 409 g/mol. The highest BCUT2D eigenvalue weighted by Gasteiger charge is 2.22. The Bertz CT molecular complexity index is 974. The largest absolute Gasteiger partial charge is 0.435 e. The number of sulfonamides is 1. The molecular formula is C20H21F2NO4S. The summed E-state index contributed by atoms with van der Waals surface area (Å²) in [4.78, 5) is 0.270. The third-order valence-electron chi connectivity index (χ3n) is 4.51. The fourth-order valence-electron chi connectivity index (χ4n) is 3.12. The van der Waals surface area contributed by atoms with Crippen LogP contribution in [0.3, 0.4) is 0 Å². The Hall–Kier alpha value is -2.29. The van der Waals surface area contributed by atoms with Crippen LogP contribution in [0.2, 0.25) is 0 Å². The van der Waals surface area contributed by atoms with Crippen LogP contribution >= 0.6 is 0 Å². The molecule has 0 saturated carbocycles. The summed E-state index contributed by atoms with van der Waals surface area (Å²) in [5, 5.41) is 0. The fraction of sp³-hybridized carbons (Fsp3) is 0.300. The van der Waals surface area contributed by atoms with E-state index in [1.54, 1.807) is 19.3 Å². The van der Waals surface area contributed by atoms with Gasteiger partial charge in [0.15, 0.2) is 0 Å². The smallest absolute Gasteiger partial charge is 0.387 e. The Kier molecular flexibility index (Phi) is 6.43. The highest BCUT2D eigenvalue weighted by Crippen LogP contribution is 2.30. The van der Waals surface area contributed by atoms with Gasteiger partial charge in [-0.25, -0.2) is 13.1 Å². The average molecular weight is 409 g/mol. The van der Waals surface area contributed by atoms with Crippen molar-refractivity contribution >= 4 is 16.1 Å². The van der Waals surface area contributed by atoms with Crippen molar-refractivity contribution in [1.29, 1.82) is 0 Å². The maximum Gasteiger partial charge on any atom is 0.387 e. The summed E-state index contributed by atoms with van der Waals surface area (Å²) in [5.74, 6) is 0.0707. The zero-order valence-corrected chi connectivity index (χ0v) is 16.1. The van der Waals surface area contributed by atoms with Crippen molar-refractivity contribution in [2.24, 2.45) is 0 Å². The molecule has 1 aliphatic carbocycles. The second-order valence-corrected chi connectivity index (χ2v) is 8.20. The second-order valence-electron chi connectivity index (χ2n) is 6.38. The molecule has 0 spiro atoms. The Morgan fingerprint density at radius 2 is 1.86 bits per heavy atom. The maximum absolute atomic E-state index is 12.7. The van der Waals surface area contributed by atoms with Crippen LogP contribution in [0.25, 0.3) is 6.08 Å². The fourth-order valence-corrected chi connectivity index (χ4v) is 4.31. The zero-order chi connectivity index (χ0) is 20.1. The molecule has 0 bridgehead atoms. The normalized spacial score (nSPS) is 13.9. The molecule has 0 aliphatic heterocycles. The summed E-state index contributed by atoms with van der Waals surface area (Å²) >= 11 is 0. The summed E-state index contributed by atoms with van der Waals surface area (Å²) in [6.45, 7) is -2.33. The average Bonchev–Trinajstić information content (AvgIpc) is 2.66. The lowest BCUT2D eigenvalue weighted by atomic mass is 9.97. The lowest BCUT2D eigenvalue weighted by Crippen LogP contribution is -2.26. The van der Waals surface area contributed by atoms with Crippen molar-refractivity contribution in [3.63, 3.8) is 0 Å². The van der Waals surface area contributed by atoms with Crippen molar-refractivity contribution in [2.75, 3.05) is 7.11 Å². The van der Waals surface area contributed by atoms with Crippen molar-refractivity contribution in [3.8, 4) is 5.75 Å². The molecule has 0 unspecified atom stereocenters. The van der Waals surface area contributed by atoms with Gasteiger partial charge in [0, 0.05) is 13.7 Å². The number of halogens is 2. The number of alkyl halides is 2. The predicted octanol–water partition coefficient (Wildman–Crippen LogP) is 3.84. The van der Waals surface area contributed by atoms with Gasteiger partial charge in [-0.1, -0.05) is 30.3 Å². The molecule has 2 aromatic rings. The molecule has 1 aliphatic rings. The minimum Gasteiger partial charge on any atom is -0.435 e. The molecule has 5 nitrogen and oxygen atoms in total. The summed E-state index contributed by atoms with van der Waals surface area (Å²) in [7, 11) is -2.08. The molecule has 0 amide bonds. The van der Waals surface area contributed by atoms with Crippen molar-refractivity contribution in [3.05, 3.63) is 69.6 Å². The summed E-state index contributed by atoms with van der Waals surface area (Å²) in [5.41, 5.74) is 3.23. The van der Waals surface area contributed by atoms with Crippen LogP contribution in [0.15, 0.2) is 47.4 Å². The highest BCUT2D eigenvalue weighted by atomic mass is 32.2. The quantitative estimate of drug-likeness (QED) is 0.720. The number of hydrogen-bond donors (Lipinski definition) is 1. The van der Waals surface area contributed by atoms with Gasteiger partial charge in [-0.2, -0.15) is 8.78 Å². The van der Waals surface area contributed by atoms with Gasteiger partial charge in [0.1, 0.15) is 5.75 Å². The highest BCUT2D eigenvalue weighted by molar-refractivity contribution is 7.93. The van der Waals surface area contributed by atoms with Gasteiger partial charge in [-0.15, -0.1) is 0 Å². The number of hydrogen-bond acceptors (Lipinski definition) is 4.